The highest BCUT2D eigenvalue weighted by molar-refractivity contribution is 7.12. The molecule has 0 spiro atoms. The number of carbonyl (C=O) groups is 2. The number of thiophene rings is 1. The number of likely N-dealkylation sites (tertiary alicyclic amines) is 1. The van der Waals surface area contributed by atoms with Crippen LogP contribution < -0.4 is 0 Å². The summed E-state index contributed by atoms with van der Waals surface area (Å²) in [6.07, 6.45) is 3.02. The van der Waals surface area contributed by atoms with Crippen molar-refractivity contribution in [2.45, 2.75) is 38.6 Å². The Morgan fingerprint density at radius 3 is 2.96 bits per heavy atom. The Hall–Kier alpha value is -2.21. The van der Waals surface area contributed by atoms with Gasteiger partial charge in [0, 0.05) is 17.9 Å². The van der Waals surface area contributed by atoms with Gasteiger partial charge in [0.2, 0.25) is 0 Å². The van der Waals surface area contributed by atoms with Gasteiger partial charge >= 0.3 is 5.97 Å². The summed E-state index contributed by atoms with van der Waals surface area (Å²) in [6, 6.07) is 9.11. The van der Waals surface area contributed by atoms with Gasteiger partial charge in [-0.3, -0.25) is 9.78 Å². The van der Waals surface area contributed by atoms with Gasteiger partial charge < -0.3 is 9.64 Å². The molecule has 0 aromatic carbocycles. The zero-order chi connectivity index (χ0) is 17.6. The minimum absolute atomic E-state index is 0.0709. The maximum atomic E-state index is 12.5. The molecule has 0 bridgehead atoms. The predicted octanol–water partition coefficient (Wildman–Crippen LogP) is 3.23. The lowest BCUT2D eigenvalue weighted by atomic mass is 10.2. The second-order valence-electron chi connectivity index (χ2n) is 6.18. The molecule has 1 atom stereocenters. The van der Waals surface area contributed by atoms with Crippen molar-refractivity contribution in [2.75, 3.05) is 13.2 Å². The quantitative estimate of drug-likeness (QED) is 0.588. The van der Waals surface area contributed by atoms with Crippen molar-refractivity contribution in [2.24, 2.45) is 0 Å². The number of amides is 1. The third-order valence-corrected chi connectivity index (χ3v) is 5.14. The number of rotatable bonds is 6. The standard InChI is InChI=1S/C19H22N2O3S/c1-14-6-2-7-15(20-14)8-4-12-24-19(23)16-9-3-11-21(16)18(22)17-10-5-13-25-17/h2,5-7,10,13,16H,3-4,8-9,11-12H2,1H3. The monoisotopic (exact) mass is 358 g/mol. The van der Waals surface area contributed by atoms with E-state index in [1.54, 1.807) is 11.0 Å². The molecule has 2 aromatic heterocycles. The van der Waals surface area contributed by atoms with Gasteiger partial charge in [-0.25, -0.2) is 4.79 Å². The van der Waals surface area contributed by atoms with Gasteiger partial charge in [0.1, 0.15) is 6.04 Å². The van der Waals surface area contributed by atoms with E-state index in [2.05, 4.69) is 4.98 Å². The molecule has 1 amide bonds. The first-order chi connectivity index (χ1) is 12.1. The lowest BCUT2D eigenvalue weighted by Crippen LogP contribution is -2.41. The SMILES string of the molecule is Cc1cccc(CCCOC(=O)C2CCCN2C(=O)c2cccs2)n1. The molecule has 3 heterocycles. The summed E-state index contributed by atoms with van der Waals surface area (Å²) in [5.41, 5.74) is 1.99. The molecule has 0 N–H and O–H groups in total. The molecule has 2 aromatic rings. The van der Waals surface area contributed by atoms with Gasteiger partial charge in [-0.2, -0.15) is 0 Å². The molecule has 0 saturated carbocycles. The smallest absolute Gasteiger partial charge is 0.328 e. The van der Waals surface area contributed by atoms with E-state index in [0.717, 1.165) is 30.7 Å². The van der Waals surface area contributed by atoms with Crippen molar-refractivity contribution in [1.82, 2.24) is 9.88 Å². The lowest BCUT2D eigenvalue weighted by Gasteiger charge is -2.22. The maximum absolute atomic E-state index is 12.5. The van der Waals surface area contributed by atoms with Crippen LogP contribution in [-0.2, 0) is 16.0 Å². The van der Waals surface area contributed by atoms with Crippen LogP contribution in [0.15, 0.2) is 35.7 Å². The molecule has 6 heteroatoms. The van der Waals surface area contributed by atoms with Crippen LogP contribution in [0.2, 0.25) is 0 Å². The number of esters is 1. The van der Waals surface area contributed by atoms with Crippen molar-refractivity contribution in [1.29, 1.82) is 0 Å². The fourth-order valence-corrected chi connectivity index (χ4v) is 3.74. The van der Waals surface area contributed by atoms with E-state index in [1.807, 2.05) is 36.6 Å². The Bertz CT molecular complexity index is 730. The number of pyridine rings is 1. The van der Waals surface area contributed by atoms with Gasteiger partial charge in [-0.1, -0.05) is 12.1 Å². The van der Waals surface area contributed by atoms with Gasteiger partial charge in [0.25, 0.3) is 5.91 Å². The zero-order valence-electron chi connectivity index (χ0n) is 14.3. The summed E-state index contributed by atoms with van der Waals surface area (Å²) < 4.78 is 5.42. The Morgan fingerprint density at radius 2 is 2.20 bits per heavy atom. The van der Waals surface area contributed by atoms with E-state index in [-0.39, 0.29) is 11.9 Å². The van der Waals surface area contributed by atoms with E-state index in [1.165, 1.54) is 11.3 Å². The Kier molecular flexibility index (Phi) is 5.81. The fraction of sp³-hybridized carbons (Fsp3) is 0.421. The number of hydrogen-bond acceptors (Lipinski definition) is 5. The van der Waals surface area contributed by atoms with Crippen molar-refractivity contribution >= 4 is 23.2 Å². The fourth-order valence-electron chi connectivity index (χ4n) is 3.06. The topological polar surface area (TPSA) is 59.5 Å². The molecule has 0 aliphatic carbocycles. The average molecular weight is 358 g/mol. The Balaban J connectivity index is 1.48. The Morgan fingerprint density at radius 1 is 1.32 bits per heavy atom. The summed E-state index contributed by atoms with van der Waals surface area (Å²) >= 11 is 1.40. The molecular weight excluding hydrogens is 336 g/mol. The van der Waals surface area contributed by atoms with E-state index in [4.69, 9.17) is 4.74 Å². The van der Waals surface area contributed by atoms with Crippen molar-refractivity contribution < 1.29 is 14.3 Å². The first kappa shape index (κ1) is 17.6. The molecule has 1 fully saturated rings. The van der Waals surface area contributed by atoms with Crippen LogP contribution in [0.1, 0.15) is 40.3 Å². The summed E-state index contributed by atoms with van der Waals surface area (Å²) in [6.45, 7) is 2.93. The summed E-state index contributed by atoms with van der Waals surface area (Å²) in [5, 5.41) is 1.87. The molecule has 5 nitrogen and oxygen atoms in total. The highest BCUT2D eigenvalue weighted by atomic mass is 32.1. The zero-order valence-corrected chi connectivity index (χ0v) is 15.1. The normalized spacial score (nSPS) is 16.8. The number of aromatic nitrogens is 1. The van der Waals surface area contributed by atoms with E-state index >= 15 is 0 Å². The Labute approximate surface area is 151 Å². The van der Waals surface area contributed by atoms with Crippen molar-refractivity contribution in [3.05, 3.63) is 52.0 Å². The third kappa shape index (κ3) is 4.45. The minimum atomic E-state index is -0.452. The molecule has 1 saturated heterocycles. The van der Waals surface area contributed by atoms with E-state index in [0.29, 0.717) is 24.4 Å². The summed E-state index contributed by atoms with van der Waals surface area (Å²) in [7, 11) is 0. The molecule has 0 radical (unpaired) electrons. The second kappa shape index (κ2) is 8.25. The van der Waals surface area contributed by atoms with Crippen molar-refractivity contribution in [3.8, 4) is 0 Å². The van der Waals surface area contributed by atoms with Crippen molar-refractivity contribution in [3.63, 3.8) is 0 Å². The highest BCUT2D eigenvalue weighted by Crippen LogP contribution is 2.23. The molecule has 132 valence electrons. The van der Waals surface area contributed by atoms with Crippen LogP contribution in [0.4, 0.5) is 0 Å². The van der Waals surface area contributed by atoms with Crippen LogP contribution >= 0.6 is 11.3 Å². The lowest BCUT2D eigenvalue weighted by molar-refractivity contribution is -0.148. The molecule has 1 aliphatic heterocycles. The van der Waals surface area contributed by atoms with E-state index < -0.39 is 6.04 Å². The van der Waals surface area contributed by atoms with Crippen LogP contribution in [0.5, 0.6) is 0 Å². The van der Waals surface area contributed by atoms with Crippen LogP contribution in [0, 0.1) is 6.92 Å². The van der Waals surface area contributed by atoms with Crippen LogP contribution in [0.3, 0.4) is 0 Å². The molecule has 3 rings (SSSR count). The molecule has 1 unspecified atom stereocenters. The number of nitrogens with zero attached hydrogens (tertiary/aromatic N) is 2. The number of hydrogen-bond donors (Lipinski definition) is 0. The summed E-state index contributed by atoms with van der Waals surface area (Å²) in [4.78, 5) is 31.6. The predicted molar refractivity (Wildman–Crippen MR) is 96.6 cm³/mol. The molecule has 1 aliphatic rings. The number of carbonyl (C=O) groups excluding carboxylic acids is 2. The summed E-state index contributed by atoms with van der Waals surface area (Å²) in [5.74, 6) is -0.363. The second-order valence-corrected chi connectivity index (χ2v) is 7.12. The number of ether oxygens (including phenoxy) is 1. The highest BCUT2D eigenvalue weighted by Gasteiger charge is 2.35. The van der Waals surface area contributed by atoms with Crippen LogP contribution in [0.25, 0.3) is 0 Å². The molecular formula is C19H22N2O3S. The maximum Gasteiger partial charge on any atom is 0.328 e. The van der Waals surface area contributed by atoms with Gasteiger partial charge in [0.15, 0.2) is 0 Å². The number of aryl methyl sites for hydroxylation is 2. The van der Waals surface area contributed by atoms with Gasteiger partial charge in [0.05, 0.1) is 11.5 Å². The van der Waals surface area contributed by atoms with Crippen LogP contribution in [-0.4, -0.2) is 41.0 Å². The van der Waals surface area contributed by atoms with Gasteiger partial charge in [-0.05, 0) is 56.2 Å². The molecule has 25 heavy (non-hydrogen) atoms. The first-order valence-corrected chi connectivity index (χ1v) is 9.47. The van der Waals surface area contributed by atoms with E-state index in [9.17, 15) is 9.59 Å². The van der Waals surface area contributed by atoms with Gasteiger partial charge in [-0.15, -0.1) is 11.3 Å². The average Bonchev–Trinajstić information content (AvgIpc) is 3.29. The first-order valence-electron chi connectivity index (χ1n) is 8.59. The minimum Gasteiger partial charge on any atom is -0.464 e. The third-order valence-electron chi connectivity index (χ3n) is 4.29. The largest absolute Gasteiger partial charge is 0.464 e.